The van der Waals surface area contributed by atoms with Crippen LogP contribution < -0.4 is 0 Å². The molecule has 0 fully saturated rings. The Morgan fingerprint density at radius 3 is 1.09 bits per heavy atom. The van der Waals surface area contributed by atoms with Crippen LogP contribution in [0.3, 0.4) is 0 Å². The van der Waals surface area contributed by atoms with Crippen LogP contribution in [0.5, 0.6) is 0 Å². The summed E-state index contributed by atoms with van der Waals surface area (Å²) in [5, 5.41) is 0. The van der Waals surface area contributed by atoms with Crippen LogP contribution in [0.15, 0.2) is 152 Å². The van der Waals surface area contributed by atoms with E-state index in [-0.39, 0.29) is 5.92 Å². The Balaban J connectivity index is 1.76. The summed E-state index contributed by atoms with van der Waals surface area (Å²) < 4.78 is 0. The monoisotopic (exact) mass is 436 g/mol. The van der Waals surface area contributed by atoms with E-state index in [1.807, 2.05) is 0 Å². The zero-order valence-corrected chi connectivity index (χ0v) is 19.2. The lowest BCUT2D eigenvalue weighted by Crippen LogP contribution is -2.05. The number of benzene rings is 5. The highest BCUT2D eigenvalue weighted by atomic mass is 14.2. The molecule has 0 unspecified atom stereocenters. The predicted octanol–water partition coefficient (Wildman–Crippen LogP) is 8.87. The molecular weight excluding hydrogens is 408 g/mol. The first-order chi connectivity index (χ1) is 16.9. The molecule has 0 saturated carbocycles. The van der Waals surface area contributed by atoms with Gasteiger partial charge in [-0.2, -0.15) is 0 Å². The van der Waals surface area contributed by atoms with Crippen LogP contribution in [0.1, 0.15) is 40.2 Å². The minimum atomic E-state index is 0.250. The number of hydrogen-bond donors (Lipinski definition) is 0. The normalized spacial score (nSPS) is 10.7. The van der Waals surface area contributed by atoms with Crippen LogP contribution in [-0.2, 0) is 0 Å². The fourth-order valence-electron chi connectivity index (χ4n) is 4.73. The molecule has 0 aliphatic carbocycles. The van der Waals surface area contributed by atoms with Crippen LogP contribution in [-0.4, -0.2) is 0 Å². The molecule has 0 radical (unpaired) electrons. The van der Waals surface area contributed by atoms with Crippen molar-refractivity contribution in [1.82, 2.24) is 0 Å². The molecule has 0 amide bonds. The SMILES string of the molecule is c1ccc(C(CC(c2ccccc2)c2ccccc2)=C(c2ccccc2)c2ccccc2)cc1. The van der Waals surface area contributed by atoms with Crippen LogP contribution in [0.2, 0.25) is 0 Å². The number of allylic oxidation sites excluding steroid dienone is 1. The van der Waals surface area contributed by atoms with E-state index in [2.05, 4.69) is 152 Å². The molecule has 0 heterocycles. The Labute approximate surface area is 202 Å². The van der Waals surface area contributed by atoms with Crippen molar-refractivity contribution in [3.05, 3.63) is 179 Å². The van der Waals surface area contributed by atoms with Crippen molar-refractivity contribution in [2.24, 2.45) is 0 Å². The van der Waals surface area contributed by atoms with Gasteiger partial charge in [-0.05, 0) is 45.4 Å². The van der Waals surface area contributed by atoms with Gasteiger partial charge < -0.3 is 0 Å². The standard InChI is InChI=1S/C34H28/c1-6-16-27(17-7-1)32(28-18-8-2-9-19-28)26-33(29-20-10-3-11-21-29)34(30-22-12-4-13-23-30)31-24-14-5-15-25-31/h1-25,32H,26H2. The Hall–Kier alpha value is -4.16. The van der Waals surface area contributed by atoms with Gasteiger partial charge >= 0.3 is 0 Å². The average Bonchev–Trinajstić information content (AvgIpc) is 2.93. The van der Waals surface area contributed by atoms with Gasteiger partial charge in [-0.15, -0.1) is 0 Å². The summed E-state index contributed by atoms with van der Waals surface area (Å²) in [5.74, 6) is 0.250. The van der Waals surface area contributed by atoms with E-state index in [4.69, 9.17) is 0 Å². The molecule has 0 aromatic heterocycles. The van der Waals surface area contributed by atoms with Gasteiger partial charge in [0.15, 0.2) is 0 Å². The maximum absolute atomic E-state index is 2.25. The second kappa shape index (κ2) is 10.6. The summed E-state index contributed by atoms with van der Waals surface area (Å²) in [6.07, 6.45) is 0.900. The van der Waals surface area contributed by atoms with Crippen molar-refractivity contribution in [3.8, 4) is 0 Å². The third-order valence-electron chi connectivity index (χ3n) is 6.36. The molecule has 5 aromatic rings. The molecule has 0 bridgehead atoms. The van der Waals surface area contributed by atoms with Gasteiger partial charge in [-0.25, -0.2) is 0 Å². The zero-order valence-electron chi connectivity index (χ0n) is 19.2. The first-order valence-electron chi connectivity index (χ1n) is 11.9. The summed E-state index contributed by atoms with van der Waals surface area (Å²) >= 11 is 0. The van der Waals surface area contributed by atoms with Gasteiger partial charge in [0.25, 0.3) is 0 Å². The molecule has 0 spiro atoms. The summed E-state index contributed by atoms with van der Waals surface area (Å²) in [5.41, 5.74) is 9.08. The summed E-state index contributed by atoms with van der Waals surface area (Å²) in [7, 11) is 0. The largest absolute Gasteiger partial charge is 0.0622 e. The lowest BCUT2D eigenvalue weighted by atomic mass is 9.80. The van der Waals surface area contributed by atoms with Crippen molar-refractivity contribution in [1.29, 1.82) is 0 Å². The van der Waals surface area contributed by atoms with Gasteiger partial charge in [-0.3, -0.25) is 0 Å². The van der Waals surface area contributed by atoms with Gasteiger partial charge in [0.05, 0.1) is 0 Å². The Bertz CT molecular complexity index is 1240. The number of hydrogen-bond acceptors (Lipinski definition) is 0. The number of rotatable bonds is 7. The third kappa shape index (κ3) is 4.92. The third-order valence-corrected chi connectivity index (χ3v) is 6.36. The average molecular weight is 437 g/mol. The lowest BCUT2D eigenvalue weighted by molar-refractivity contribution is 0.842. The topological polar surface area (TPSA) is 0 Å². The molecular formula is C34H28. The van der Waals surface area contributed by atoms with Crippen molar-refractivity contribution in [2.45, 2.75) is 12.3 Å². The maximum atomic E-state index is 2.25. The first-order valence-corrected chi connectivity index (χ1v) is 11.9. The first kappa shape index (κ1) is 21.7. The molecule has 0 aliphatic heterocycles. The van der Waals surface area contributed by atoms with Crippen molar-refractivity contribution in [2.75, 3.05) is 0 Å². The van der Waals surface area contributed by atoms with Crippen molar-refractivity contribution in [3.63, 3.8) is 0 Å². The van der Waals surface area contributed by atoms with Gasteiger partial charge in [0, 0.05) is 5.92 Å². The van der Waals surface area contributed by atoms with E-state index >= 15 is 0 Å². The molecule has 34 heavy (non-hydrogen) atoms. The highest BCUT2D eigenvalue weighted by Gasteiger charge is 2.21. The van der Waals surface area contributed by atoms with E-state index in [0.29, 0.717) is 0 Å². The van der Waals surface area contributed by atoms with Gasteiger partial charge in [0.2, 0.25) is 0 Å². The molecule has 5 aromatic carbocycles. The Kier molecular flexibility index (Phi) is 6.78. The molecule has 0 aliphatic rings. The van der Waals surface area contributed by atoms with Crippen LogP contribution in [0, 0.1) is 0 Å². The minimum Gasteiger partial charge on any atom is -0.0622 e. The maximum Gasteiger partial charge on any atom is 0.0130 e. The fraction of sp³-hybridized carbons (Fsp3) is 0.0588. The minimum absolute atomic E-state index is 0.250. The fourth-order valence-corrected chi connectivity index (χ4v) is 4.73. The second-order valence-corrected chi connectivity index (χ2v) is 8.53. The van der Waals surface area contributed by atoms with E-state index in [9.17, 15) is 0 Å². The van der Waals surface area contributed by atoms with E-state index in [1.165, 1.54) is 39.0 Å². The van der Waals surface area contributed by atoms with Crippen LogP contribution in [0.4, 0.5) is 0 Å². The quantitative estimate of drug-likeness (QED) is 0.223. The molecule has 0 heteroatoms. The molecule has 0 atom stereocenters. The van der Waals surface area contributed by atoms with Crippen LogP contribution >= 0.6 is 0 Å². The summed E-state index contributed by atoms with van der Waals surface area (Å²) in [6, 6.07) is 54.3. The molecule has 0 saturated heterocycles. The molecule has 0 N–H and O–H groups in total. The lowest BCUT2D eigenvalue weighted by Gasteiger charge is -2.24. The Morgan fingerprint density at radius 2 is 0.706 bits per heavy atom. The van der Waals surface area contributed by atoms with E-state index in [0.717, 1.165) is 6.42 Å². The van der Waals surface area contributed by atoms with Crippen molar-refractivity contribution >= 4 is 11.1 Å². The summed E-state index contributed by atoms with van der Waals surface area (Å²) in [6.45, 7) is 0. The van der Waals surface area contributed by atoms with Gasteiger partial charge in [-0.1, -0.05) is 152 Å². The zero-order chi connectivity index (χ0) is 23.0. The molecule has 5 rings (SSSR count). The summed E-state index contributed by atoms with van der Waals surface area (Å²) in [4.78, 5) is 0. The van der Waals surface area contributed by atoms with E-state index < -0.39 is 0 Å². The predicted molar refractivity (Wildman–Crippen MR) is 145 cm³/mol. The van der Waals surface area contributed by atoms with Gasteiger partial charge in [0.1, 0.15) is 0 Å². The molecule has 164 valence electrons. The van der Waals surface area contributed by atoms with Crippen molar-refractivity contribution < 1.29 is 0 Å². The van der Waals surface area contributed by atoms with Crippen LogP contribution in [0.25, 0.3) is 11.1 Å². The highest BCUT2D eigenvalue weighted by molar-refractivity contribution is 5.98. The second-order valence-electron chi connectivity index (χ2n) is 8.53. The van der Waals surface area contributed by atoms with E-state index in [1.54, 1.807) is 0 Å². The molecule has 0 nitrogen and oxygen atoms in total. The Morgan fingerprint density at radius 1 is 0.382 bits per heavy atom. The smallest absolute Gasteiger partial charge is 0.0130 e. The highest BCUT2D eigenvalue weighted by Crippen LogP contribution is 2.40.